The predicted octanol–water partition coefficient (Wildman–Crippen LogP) is 5.89. The molecule has 1 saturated carbocycles. The summed E-state index contributed by atoms with van der Waals surface area (Å²) >= 11 is 0. The summed E-state index contributed by atoms with van der Waals surface area (Å²) in [5.74, 6) is -0.0509. The molecule has 9 heteroatoms. The van der Waals surface area contributed by atoms with Crippen molar-refractivity contribution in [1.29, 1.82) is 0 Å². The van der Waals surface area contributed by atoms with Gasteiger partial charge < -0.3 is 15.0 Å². The van der Waals surface area contributed by atoms with Crippen LogP contribution in [0.2, 0.25) is 0 Å². The van der Waals surface area contributed by atoms with E-state index in [2.05, 4.69) is 5.32 Å². The molecule has 1 atom stereocenters. The largest absolute Gasteiger partial charge is 0.494 e. The van der Waals surface area contributed by atoms with Gasteiger partial charge in [0, 0.05) is 12.6 Å². The molecule has 0 aromatic heterocycles. The van der Waals surface area contributed by atoms with Gasteiger partial charge in [-0.3, -0.25) is 13.9 Å². The van der Waals surface area contributed by atoms with Crippen LogP contribution in [-0.4, -0.2) is 56.9 Å². The topological polar surface area (TPSA) is 96.0 Å². The summed E-state index contributed by atoms with van der Waals surface area (Å²) < 4.78 is 34.8. The lowest BCUT2D eigenvalue weighted by Gasteiger charge is -2.34. The van der Waals surface area contributed by atoms with E-state index in [1.165, 1.54) is 18.6 Å². The number of nitrogens with zero attached hydrogens (tertiary/aromatic N) is 2. The van der Waals surface area contributed by atoms with E-state index in [1.54, 1.807) is 29.2 Å². The van der Waals surface area contributed by atoms with Gasteiger partial charge in [-0.15, -0.1) is 0 Å². The number of amides is 2. The van der Waals surface area contributed by atoms with Crippen molar-refractivity contribution < 1.29 is 22.7 Å². The Hall–Kier alpha value is -3.85. The number of rotatable bonds is 14. The minimum absolute atomic E-state index is 0.0484. The van der Waals surface area contributed by atoms with Crippen molar-refractivity contribution in [3.63, 3.8) is 0 Å². The molecule has 0 heterocycles. The minimum Gasteiger partial charge on any atom is -0.494 e. The summed E-state index contributed by atoms with van der Waals surface area (Å²) in [5, 5.41) is 3.19. The lowest BCUT2D eigenvalue weighted by Crippen LogP contribution is -2.54. The Bertz CT molecular complexity index is 1450. The Labute approximate surface area is 262 Å². The molecule has 8 nitrogen and oxygen atoms in total. The van der Waals surface area contributed by atoms with Crippen LogP contribution in [0.25, 0.3) is 0 Å². The van der Waals surface area contributed by atoms with E-state index in [-0.39, 0.29) is 23.4 Å². The number of hydrogen-bond donors (Lipinski definition) is 1. The maximum Gasteiger partial charge on any atom is 0.264 e. The summed E-state index contributed by atoms with van der Waals surface area (Å²) in [6, 6.07) is 22.4. The monoisotopic (exact) mass is 619 g/mol. The third-order valence-electron chi connectivity index (χ3n) is 8.15. The van der Waals surface area contributed by atoms with Crippen molar-refractivity contribution in [1.82, 2.24) is 10.2 Å². The second-order valence-corrected chi connectivity index (χ2v) is 13.2. The highest BCUT2D eigenvalue weighted by Crippen LogP contribution is 2.26. The third-order valence-corrected chi connectivity index (χ3v) is 9.93. The molecule has 4 rings (SSSR count). The SMILES string of the molecule is CCOc1ccc(S(=O)(=O)N(CC(=O)N(CCc2ccccc2)[C@H](CC)C(=O)NC2CCCCC2)c2ccc(C)cc2)cc1. The van der Waals surface area contributed by atoms with Gasteiger partial charge >= 0.3 is 0 Å². The van der Waals surface area contributed by atoms with Crippen LogP contribution < -0.4 is 14.4 Å². The highest BCUT2D eigenvalue weighted by atomic mass is 32.2. The zero-order valence-corrected chi connectivity index (χ0v) is 26.9. The normalized spacial score (nSPS) is 14.4. The molecule has 2 amide bonds. The first-order valence-electron chi connectivity index (χ1n) is 15.7. The number of carbonyl (C=O) groups is 2. The highest BCUT2D eigenvalue weighted by Gasteiger charge is 2.34. The number of anilines is 1. The number of sulfonamides is 1. The quantitative estimate of drug-likeness (QED) is 0.243. The Morgan fingerprint density at radius 1 is 0.909 bits per heavy atom. The van der Waals surface area contributed by atoms with Gasteiger partial charge in [0.15, 0.2) is 0 Å². The fourth-order valence-corrected chi connectivity index (χ4v) is 7.10. The van der Waals surface area contributed by atoms with Crippen molar-refractivity contribution in [2.75, 3.05) is 24.0 Å². The molecule has 3 aromatic rings. The fourth-order valence-electron chi connectivity index (χ4n) is 5.68. The molecule has 0 saturated heterocycles. The summed E-state index contributed by atoms with van der Waals surface area (Å²) in [7, 11) is -4.14. The van der Waals surface area contributed by atoms with Crippen molar-refractivity contribution >= 4 is 27.5 Å². The van der Waals surface area contributed by atoms with E-state index < -0.39 is 28.5 Å². The van der Waals surface area contributed by atoms with Crippen LogP contribution in [0, 0.1) is 6.92 Å². The number of nitrogens with one attached hydrogen (secondary N) is 1. The van der Waals surface area contributed by atoms with E-state index >= 15 is 0 Å². The first-order chi connectivity index (χ1) is 21.2. The molecule has 0 unspecified atom stereocenters. The molecule has 1 fully saturated rings. The van der Waals surface area contributed by atoms with Crippen LogP contribution in [-0.2, 0) is 26.0 Å². The highest BCUT2D eigenvalue weighted by molar-refractivity contribution is 7.92. The Morgan fingerprint density at radius 3 is 2.18 bits per heavy atom. The molecule has 3 aromatic carbocycles. The van der Waals surface area contributed by atoms with Crippen LogP contribution in [0.1, 0.15) is 63.5 Å². The van der Waals surface area contributed by atoms with Gasteiger partial charge in [-0.25, -0.2) is 8.42 Å². The van der Waals surface area contributed by atoms with Gasteiger partial charge in [0.1, 0.15) is 18.3 Å². The summed E-state index contributed by atoms with van der Waals surface area (Å²) in [6.07, 6.45) is 6.14. The van der Waals surface area contributed by atoms with E-state index in [0.29, 0.717) is 30.9 Å². The van der Waals surface area contributed by atoms with Crippen molar-refractivity contribution in [2.24, 2.45) is 0 Å². The minimum atomic E-state index is -4.14. The molecule has 1 aliphatic carbocycles. The summed E-state index contributed by atoms with van der Waals surface area (Å²) in [6.45, 7) is 5.97. The van der Waals surface area contributed by atoms with Gasteiger partial charge in [0.05, 0.1) is 17.2 Å². The van der Waals surface area contributed by atoms with E-state index in [1.807, 2.05) is 63.2 Å². The predicted molar refractivity (Wildman–Crippen MR) is 174 cm³/mol. The Balaban J connectivity index is 1.66. The maximum atomic E-state index is 14.2. The molecule has 1 N–H and O–H groups in total. The molecule has 0 spiro atoms. The second-order valence-electron chi connectivity index (χ2n) is 11.3. The van der Waals surface area contributed by atoms with Crippen LogP contribution in [0.4, 0.5) is 5.69 Å². The molecule has 44 heavy (non-hydrogen) atoms. The van der Waals surface area contributed by atoms with Crippen LogP contribution in [0.5, 0.6) is 5.75 Å². The summed E-state index contributed by atoms with van der Waals surface area (Å²) in [5.41, 5.74) is 2.37. The molecular weight excluding hydrogens is 574 g/mol. The van der Waals surface area contributed by atoms with Gasteiger partial charge in [0.2, 0.25) is 11.8 Å². The first kappa shape index (κ1) is 33.1. The molecule has 1 aliphatic rings. The van der Waals surface area contributed by atoms with Crippen LogP contribution in [0.3, 0.4) is 0 Å². The van der Waals surface area contributed by atoms with E-state index in [0.717, 1.165) is 41.1 Å². The standard InChI is InChI=1S/C35H45N3O5S/c1-4-33(35(40)36-29-14-10-7-11-15-29)37(25-24-28-12-8-6-9-13-28)34(39)26-38(30-18-16-27(3)17-19-30)44(41,42)32-22-20-31(21-23-32)43-5-2/h6,8-9,12-13,16-23,29,33H,4-5,7,10-11,14-15,24-26H2,1-3H3,(H,36,40)/t33-/m1/s1. The number of aryl methyl sites for hydroxylation is 1. The molecule has 0 aliphatic heterocycles. The van der Waals surface area contributed by atoms with Gasteiger partial charge in [-0.2, -0.15) is 0 Å². The molecule has 236 valence electrons. The maximum absolute atomic E-state index is 14.2. The lowest BCUT2D eigenvalue weighted by atomic mass is 9.95. The van der Waals surface area contributed by atoms with Gasteiger partial charge in [-0.1, -0.05) is 74.2 Å². The van der Waals surface area contributed by atoms with Gasteiger partial charge in [0.25, 0.3) is 10.0 Å². The Kier molecular flexibility index (Phi) is 11.8. The third kappa shape index (κ3) is 8.62. The van der Waals surface area contributed by atoms with Crippen molar-refractivity contribution in [2.45, 2.75) is 82.7 Å². The lowest BCUT2D eigenvalue weighted by molar-refractivity contribution is -0.140. The Morgan fingerprint density at radius 2 is 1.57 bits per heavy atom. The van der Waals surface area contributed by atoms with E-state index in [4.69, 9.17) is 4.74 Å². The number of ether oxygens (including phenoxy) is 1. The number of carbonyl (C=O) groups excluding carboxylic acids is 2. The van der Waals surface area contributed by atoms with Crippen molar-refractivity contribution in [3.8, 4) is 5.75 Å². The second kappa shape index (κ2) is 15.7. The van der Waals surface area contributed by atoms with E-state index in [9.17, 15) is 18.0 Å². The zero-order valence-electron chi connectivity index (χ0n) is 26.1. The van der Waals surface area contributed by atoms with Crippen molar-refractivity contribution in [3.05, 3.63) is 90.0 Å². The zero-order chi connectivity index (χ0) is 31.5. The molecular formula is C35H45N3O5S. The smallest absolute Gasteiger partial charge is 0.264 e. The van der Waals surface area contributed by atoms with Gasteiger partial charge in [-0.05, 0) is 81.5 Å². The molecule has 0 bridgehead atoms. The fraction of sp³-hybridized carbons (Fsp3) is 0.429. The average molecular weight is 620 g/mol. The van der Waals surface area contributed by atoms with Crippen LogP contribution >= 0.6 is 0 Å². The number of benzene rings is 3. The average Bonchev–Trinajstić information content (AvgIpc) is 3.03. The first-order valence-corrected chi connectivity index (χ1v) is 17.1. The number of hydrogen-bond acceptors (Lipinski definition) is 5. The molecule has 0 radical (unpaired) electrons. The van der Waals surface area contributed by atoms with Crippen LogP contribution in [0.15, 0.2) is 83.8 Å². The summed E-state index contributed by atoms with van der Waals surface area (Å²) in [4.78, 5) is 29.5.